The van der Waals surface area contributed by atoms with E-state index in [1.807, 2.05) is 0 Å². The van der Waals surface area contributed by atoms with Crippen LogP contribution < -0.4 is 0 Å². The topological polar surface area (TPSA) is 38.9 Å². The van der Waals surface area contributed by atoms with Gasteiger partial charge in [0, 0.05) is 6.20 Å². The van der Waals surface area contributed by atoms with Crippen LogP contribution in [0.4, 0.5) is 13.2 Å². The molecule has 2 aromatic heterocycles. The number of hydrogen-bond acceptors (Lipinski definition) is 3. The summed E-state index contributed by atoms with van der Waals surface area (Å²) < 4.78 is 44.7. The molecule has 0 amide bonds. The monoisotopic (exact) mass is 250 g/mol. The van der Waals surface area contributed by atoms with Gasteiger partial charge in [-0.1, -0.05) is 0 Å². The zero-order valence-electron chi connectivity index (χ0n) is 8.82. The number of rotatable bonds is 1. The maximum Gasteiger partial charge on any atom is 0.231 e. The molecule has 0 atom stereocenters. The summed E-state index contributed by atoms with van der Waals surface area (Å²) in [7, 11) is 0. The van der Waals surface area contributed by atoms with Gasteiger partial charge >= 0.3 is 0 Å². The normalized spacial score (nSPS) is 11.1. The standard InChI is InChI=1S/C12H5F3N2O/c13-7-4-3-6(9(14)10(7)15)12-17-11-8(18-12)2-1-5-16-11/h1-5H. The molecule has 18 heavy (non-hydrogen) atoms. The van der Waals surface area contributed by atoms with Crippen molar-refractivity contribution < 1.29 is 17.6 Å². The highest BCUT2D eigenvalue weighted by Crippen LogP contribution is 2.27. The summed E-state index contributed by atoms with van der Waals surface area (Å²) in [5.74, 6) is -4.28. The van der Waals surface area contributed by atoms with Crippen LogP contribution in [0.2, 0.25) is 0 Å². The highest BCUT2D eigenvalue weighted by Gasteiger charge is 2.18. The van der Waals surface area contributed by atoms with Crippen molar-refractivity contribution in [3.63, 3.8) is 0 Å². The Hall–Kier alpha value is -2.37. The fourth-order valence-electron chi connectivity index (χ4n) is 1.58. The average molecular weight is 250 g/mol. The summed E-state index contributed by atoms with van der Waals surface area (Å²) in [5, 5.41) is 0. The first-order chi connectivity index (χ1) is 8.66. The predicted octanol–water partition coefficient (Wildman–Crippen LogP) is 3.31. The molecular formula is C12H5F3N2O. The summed E-state index contributed by atoms with van der Waals surface area (Å²) in [5.41, 5.74) is 0.375. The zero-order chi connectivity index (χ0) is 12.7. The van der Waals surface area contributed by atoms with Crippen molar-refractivity contribution in [2.75, 3.05) is 0 Å². The van der Waals surface area contributed by atoms with E-state index >= 15 is 0 Å². The largest absolute Gasteiger partial charge is 0.434 e. The van der Waals surface area contributed by atoms with Crippen molar-refractivity contribution in [2.24, 2.45) is 0 Å². The third kappa shape index (κ3) is 1.54. The maximum atomic E-state index is 13.5. The van der Waals surface area contributed by atoms with Crippen LogP contribution in [0.3, 0.4) is 0 Å². The molecule has 2 heterocycles. The van der Waals surface area contributed by atoms with Crippen molar-refractivity contribution in [3.8, 4) is 11.5 Å². The lowest BCUT2D eigenvalue weighted by Gasteiger charge is -1.99. The van der Waals surface area contributed by atoms with Crippen LogP contribution in [0.1, 0.15) is 0 Å². The summed E-state index contributed by atoms with van der Waals surface area (Å²) in [6, 6.07) is 5.10. The van der Waals surface area contributed by atoms with Crippen LogP contribution in [0, 0.1) is 17.5 Å². The molecule has 3 aromatic rings. The van der Waals surface area contributed by atoms with Gasteiger partial charge in [0.1, 0.15) is 0 Å². The van der Waals surface area contributed by atoms with Crippen LogP contribution in [-0.4, -0.2) is 9.97 Å². The molecule has 0 N–H and O–H groups in total. The van der Waals surface area contributed by atoms with E-state index in [2.05, 4.69) is 9.97 Å². The number of nitrogens with zero attached hydrogens (tertiary/aromatic N) is 2. The van der Waals surface area contributed by atoms with Gasteiger partial charge in [-0.25, -0.2) is 18.2 Å². The Labute approximate surface area is 98.9 Å². The fraction of sp³-hybridized carbons (Fsp3) is 0. The van der Waals surface area contributed by atoms with E-state index in [9.17, 15) is 13.2 Å². The Morgan fingerprint density at radius 3 is 2.61 bits per heavy atom. The maximum absolute atomic E-state index is 13.5. The summed E-state index contributed by atoms with van der Waals surface area (Å²) in [4.78, 5) is 7.81. The Kier molecular flexibility index (Phi) is 2.29. The predicted molar refractivity (Wildman–Crippen MR) is 57.1 cm³/mol. The molecule has 0 saturated carbocycles. The first-order valence-corrected chi connectivity index (χ1v) is 5.02. The SMILES string of the molecule is Fc1ccc(-c2nc3ncccc3o2)c(F)c1F. The molecule has 0 radical (unpaired) electrons. The van der Waals surface area contributed by atoms with E-state index in [-0.39, 0.29) is 17.1 Å². The quantitative estimate of drug-likeness (QED) is 0.622. The van der Waals surface area contributed by atoms with Gasteiger partial charge in [0.15, 0.2) is 28.7 Å². The van der Waals surface area contributed by atoms with Crippen molar-refractivity contribution in [3.05, 3.63) is 47.9 Å². The summed E-state index contributed by atoms with van der Waals surface area (Å²) in [6.07, 6.45) is 1.50. The molecule has 0 aliphatic rings. The van der Waals surface area contributed by atoms with Gasteiger partial charge in [-0.2, -0.15) is 4.98 Å². The highest BCUT2D eigenvalue weighted by molar-refractivity contribution is 5.72. The molecular weight excluding hydrogens is 245 g/mol. The van der Waals surface area contributed by atoms with Gasteiger partial charge in [0.2, 0.25) is 5.89 Å². The van der Waals surface area contributed by atoms with E-state index in [0.717, 1.165) is 12.1 Å². The third-order valence-corrected chi connectivity index (χ3v) is 2.43. The third-order valence-electron chi connectivity index (χ3n) is 2.43. The number of aromatic nitrogens is 2. The molecule has 3 nitrogen and oxygen atoms in total. The number of hydrogen-bond donors (Lipinski definition) is 0. The number of benzene rings is 1. The number of fused-ring (bicyclic) bond motifs is 1. The molecule has 0 aliphatic heterocycles. The second kappa shape index (κ2) is 3.83. The van der Waals surface area contributed by atoms with Crippen molar-refractivity contribution in [1.82, 2.24) is 9.97 Å². The minimum Gasteiger partial charge on any atom is -0.434 e. The number of pyridine rings is 1. The van der Waals surface area contributed by atoms with E-state index in [4.69, 9.17) is 4.42 Å². The van der Waals surface area contributed by atoms with Gasteiger partial charge in [0.05, 0.1) is 5.56 Å². The Morgan fingerprint density at radius 1 is 1.00 bits per heavy atom. The smallest absolute Gasteiger partial charge is 0.231 e. The Morgan fingerprint density at radius 2 is 1.83 bits per heavy atom. The molecule has 3 rings (SSSR count). The van der Waals surface area contributed by atoms with Crippen LogP contribution in [0.25, 0.3) is 22.7 Å². The summed E-state index contributed by atoms with van der Waals surface area (Å²) in [6.45, 7) is 0. The highest BCUT2D eigenvalue weighted by atomic mass is 19.2. The van der Waals surface area contributed by atoms with Gasteiger partial charge in [0.25, 0.3) is 0 Å². The van der Waals surface area contributed by atoms with Crippen molar-refractivity contribution >= 4 is 11.2 Å². The number of oxazole rings is 1. The van der Waals surface area contributed by atoms with E-state index in [1.54, 1.807) is 12.1 Å². The summed E-state index contributed by atoms with van der Waals surface area (Å²) >= 11 is 0. The lowest BCUT2D eigenvalue weighted by atomic mass is 10.2. The van der Waals surface area contributed by atoms with Crippen LogP contribution in [0.5, 0.6) is 0 Å². The van der Waals surface area contributed by atoms with E-state index in [1.165, 1.54) is 6.20 Å². The molecule has 0 aliphatic carbocycles. The van der Waals surface area contributed by atoms with Crippen LogP contribution in [-0.2, 0) is 0 Å². The second-order valence-electron chi connectivity index (χ2n) is 3.57. The fourth-order valence-corrected chi connectivity index (χ4v) is 1.58. The number of halogens is 3. The van der Waals surface area contributed by atoms with Gasteiger partial charge in [-0.3, -0.25) is 0 Å². The molecule has 0 unspecified atom stereocenters. The van der Waals surface area contributed by atoms with E-state index < -0.39 is 17.5 Å². The molecule has 0 bridgehead atoms. The average Bonchev–Trinajstić information content (AvgIpc) is 2.79. The molecule has 90 valence electrons. The molecule has 0 spiro atoms. The van der Waals surface area contributed by atoms with Gasteiger partial charge in [-0.05, 0) is 24.3 Å². The van der Waals surface area contributed by atoms with Crippen molar-refractivity contribution in [1.29, 1.82) is 0 Å². The molecule has 6 heteroatoms. The molecule has 0 saturated heterocycles. The lowest BCUT2D eigenvalue weighted by molar-refractivity contribution is 0.446. The van der Waals surface area contributed by atoms with E-state index in [0.29, 0.717) is 5.58 Å². The van der Waals surface area contributed by atoms with Crippen LogP contribution >= 0.6 is 0 Å². The minimum atomic E-state index is -1.55. The Balaban J connectivity index is 2.23. The Bertz CT molecular complexity index is 706. The van der Waals surface area contributed by atoms with Crippen molar-refractivity contribution in [2.45, 2.75) is 0 Å². The molecule has 0 fully saturated rings. The lowest BCUT2D eigenvalue weighted by Crippen LogP contribution is -1.93. The second-order valence-corrected chi connectivity index (χ2v) is 3.57. The van der Waals surface area contributed by atoms with Gasteiger partial charge < -0.3 is 4.42 Å². The first kappa shape index (κ1) is 10.8. The minimum absolute atomic E-state index is 0.139. The van der Waals surface area contributed by atoms with Crippen LogP contribution in [0.15, 0.2) is 34.9 Å². The zero-order valence-corrected chi connectivity index (χ0v) is 8.82. The van der Waals surface area contributed by atoms with Gasteiger partial charge in [-0.15, -0.1) is 0 Å². The first-order valence-electron chi connectivity index (χ1n) is 5.02. The molecule has 1 aromatic carbocycles.